The third kappa shape index (κ3) is 3.06. The lowest BCUT2D eigenvalue weighted by molar-refractivity contribution is -0.142. The zero-order chi connectivity index (χ0) is 9.68. The van der Waals surface area contributed by atoms with Crippen molar-refractivity contribution in [3.63, 3.8) is 0 Å². The highest BCUT2D eigenvalue weighted by atomic mass is 19.1. The smallest absolute Gasteiger partial charge is 0.343 e. The molecule has 0 aromatic carbocycles. The van der Waals surface area contributed by atoms with E-state index in [1.807, 2.05) is 0 Å². The van der Waals surface area contributed by atoms with Gasteiger partial charge in [-0.3, -0.25) is 0 Å². The summed E-state index contributed by atoms with van der Waals surface area (Å²) in [6, 6.07) is 2.53. The SMILES string of the molecule is COC(=O)COc1ccc(F)nc1. The van der Waals surface area contributed by atoms with Crippen LogP contribution in [0.5, 0.6) is 5.75 Å². The Bertz CT molecular complexity index is 286. The molecule has 0 amide bonds. The molecule has 0 unspecified atom stereocenters. The number of nitrogens with zero attached hydrogens (tertiary/aromatic N) is 1. The molecule has 0 fully saturated rings. The summed E-state index contributed by atoms with van der Waals surface area (Å²) in [5, 5.41) is 0. The van der Waals surface area contributed by atoms with Crippen LogP contribution in [0.3, 0.4) is 0 Å². The van der Waals surface area contributed by atoms with Crippen LogP contribution in [0.2, 0.25) is 0 Å². The summed E-state index contributed by atoms with van der Waals surface area (Å²) < 4.78 is 21.5. The predicted molar refractivity (Wildman–Crippen MR) is 41.7 cm³/mol. The zero-order valence-electron chi connectivity index (χ0n) is 6.99. The van der Waals surface area contributed by atoms with E-state index in [9.17, 15) is 9.18 Å². The van der Waals surface area contributed by atoms with Crippen LogP contribution in [0, 0.1) is 5.95 Å². The van der Waals surface area contributed by atoms with Gasteiger partial charge in [-0.1, -0.05) is 0 Å². The van der Waals surface area contributed by atoms with Crippen LogP contribution in [0.15, 0.2) is 18.3 Å². The van der Waals surface area contributed by atoms with Gasteiger partial charge in [0.25, 0.3) is 0 Å². The van der Waals surface area contributed by atoms with E-state index >= 15 is 0 Å². The first-order valence-corrected chi connectivity index (χ1v) is 3.53. The minimum absolute atomic E-state index is 0.205. The third-order valence-corrected chi connectivity index (χ3v) is 1.28. The van der Waals surface area contributed by atoms with E-state index in [1.165, 1.54) is 19.4 Å². The van der Waals surface area contributed by atoms with Crippen LogP contribution in [0.1, 0.15) is 0 Å². The molecule has 1 aromatic rings. The lowest BCUT2D eigenvalue weighted by Gasteiger charge is -2.02. The van der Waals surface area contributed by atoms with E-state index in [4.69, 9.17) is 4.74 Å². The summed E-state index contributed by atoms with van der Waals surface area (Å²) in [7, 11) is 1.26. The molecule has 0 spiro atoms. The second-order valence-corrected chi connectivity index (χ2v) is 2.18. The molecule has 1 rings (SSSR count). The first-order chi connectivity index (χ1) is 6.22. The van der Waals surface area contributed by atoms with Gasteiger partial charge < -0.3 is 9.47 Å². The van der Waals surface area contributed by atoms with Crippen LogP contribution in [0.4, 0.5) is 4.39 Å². The van der Waals surface area contributed by atoms with Crippen molar-refractivity contribution in [3.05, 3.63) is 24.3 Å². The van der Waals surface area contributed by atoms with Gasteiger partial charge in [-0.15, -0.1) is 0 Å². The average Bonchev–Trinajstić information content (AvgIpc) is 2.16. The quantitative estimate of drug-likeness (QED) is 0.515. The van der Waals surface area contributed by atoms with Crippen molar-refractivity contribution in [1.82, 2.24) is 4.98 Å². The molecular weight excluding hydrogens is 177 g/mol. The molecule has 0 aliphatic rings. The minimum atomic E-state index is -0.592. The van der Waals surface area contributed by atoms with Crippen molar-refractivity contribution in [2.24, 2.45) is 0 Å². The number of hydrogen-bond acceptors (Lipinski definition) is 4. The summed E-state index contributed by atoms with van der Waals surface area (Å²) in [4.78, 5) is 13.9. The normalized spacial score (nSPS) is 9.38. The Balaban J connectivity index is 2.46. The first kappa shape index (κ1) is 9.44. The molecule has 0 saturated carbocycles. The topological polar surface area (TPSA) is 48.4 Å². The highest BCUT2D eigenvalue weighted by Crippen LogP contribution is 2.07. The molecule has 5 heteroatoms. The summed E-state index contributed by atoms with van der Waals surface area (Å²) in [5.74, 6) is -0.762. The van der Waals surface area contributed by atoms with Crippen LogP contribution < -0.4 is 4.74 Å². The standard InChI is InChI=1S/C8H8FNO3/c1-12-8(11)5-13-6-2-3-7(9)10-4-6/h2-4H,5H2,1H3. The number of aromatic nitrogens is 1. The van der Waals surface area contributed by atoms with Crippen molar-refractivity contribution in [3.8, 4) is 5.75 Å². The molecule has 4 nitrogen and oxygen atoms in total. The third-order valence-electron chi connectivity index (χ3n) is 1.28. The fourth-order valence-corrected chi connectivity index (χ4v) is 0.649. The molecule has 0 N–H and O–H groups in total. The van der Waals surface area contributed by atoms with Gasteiger partial charge in [-0.25, -0.2) is 9.78 Å². The number of carbonyl (C=O) groups is 1. The second-order valence-electron chi connectivity index (χ2n) is 2.18. The minimum Gasteiger partial charge on any atom is -0.480 e. The summed E-state index contributed by atoms with van der Waals surface area (Å²) >= 11 is 0. The molecule has 0 bridgehead atoms. The Kier molecular flexibility index (Phi) is 3.19. The number of methoxy groups -OCH3 is 1. The largest absolute Gasteiger partial charge is 0.480 e. The summed E-state index contributed by atoms with van der Waals surface area (Å²) in [5.41, 5.74) is 0. The Labute approximate surface area is 74.3 Å². The number of pyridine rings is 1. The van der Waals surface area contributed by atoms with E-state index in [1.54, 1.807) is 0 Å². The summed E-state index contributed by atoms with van der Waals surface area (Å²) in [6.45, 7) is -0.205. The fraction of sp³-hybridized carbons (Fsp3) is 0.250. The number of carbonyl (C=O) groups excluding carboxylic acids is 1. The maximum Gasteiger partial charge on any atom is 0.343 e. The van der Waals surface area contributed by atoms with Crippen molar-refractivity contribution in [1.29, 1.82) is 0 Å². The van der Waals surface area contributed by atoms with Gasteiger partial charge in [0, 0.05) is 0 Å². The number of halogens is 1. The molecule has 0 aliphatic carbocycles. The molecular formula is C8H8FNO3. The van der Waals surface area contributed by atoms with Crippen LogP contribution >= 0.6 is 0 Å². The fourth-order valence-electron chi connectivity index (χ4n) is 0.649. The maximum absolute atomic E-state index is 12.3. The zero-order valence-corrected chi connectivity index (χ0v) is 6.99. The predicted octanol–water partition coefficient (Wildman–Crippen LogP) is 0.772. The molecule has 1 aromatic heterocycles. The van der Waals surface area contributed by atoms with Crippen molar-refractivity contribution < 1.29 is 18.7 Å². The van der Waals surface area contributed by atoms with Gasteiger partial charge in [0.05, 0.1) is 13.3 Å². The van der Waals surface area contributed by atoms with Gasteiger partial charge in [0.2, 0.25) is 5.95 Å². The monoisotopic (exact) mass is 185 g/mol. The molecule has 70 valence electrons. The van der Waals surface area contributed by atoms with E-state index < -0.39 is 11.9 Å². The van der Waals surface area contributed by atoms with Crippen LogP contribution in [-0.4, -0.2) is 24.7 Å². The Hall–Kier alpha value is -1.65. The highest BCUT2D eigenvalue weighted by molar-refractivity contribution is 5.70. The highest BCUT2D eigenvalue weighted by Gasteiger charge is 2.01. The van der Waals surface area contributed by atoms with Crippen molar-refractivity contribution in [2.45, 2.75) is 0 Å². The number of hydrogen-bond donors (Lipinski definition) is 0. The van der Waals surface area contributed by atoms with Crippen molar-refractivity contribution in [2.75, 3.05) is 13.7 Å². The Morgan fingerprint density at radius 3 is 2.92 bits per heavy atom. The van der Waals surface area contributed by atoms with E-state index in [0.717, 1.165) is 6.07 Å². The molecule has 13 heavy (non-hydrogen) atoms. The number of ether oxygens (including phenoxy) is 2. The molecule has 1 heterocycles. The molecule has 0 saturated heterocycles. The summed E-state index contributed by atoms with van der Waals surface area (Å²) in [6.07, 6.45) is 1.19. The number of esters is 1. The first-order valence-electron chi connectivity index (χ1n) is 3.53. The number of rotatable bonds is 3. The molecule has 0 atom stereocenters. The van der Waals surface area contributed by atoms with E-state index in [-0.39, 0.29) is 6.61 Å². The van der Waals surface area contributed by atoms with E-state index in [0.29, 0.717) is 5.75 Å². The lowest BCUT2D eigenvalue weighted by atomic mass is 10.4. The maximum atomic E-state index is 12.3. The second kappa shape index (κ2) is 4.39. The van der Waals surface area contributed by atoms with Gasteiger partial charge in [-0.05, 0) is 12.1 Å². The molecule has 0 radical (unpaired) electrons. The van der Waals surface area contributed by atoms with Crippen LogP contribution in [0.25, 0.3) is 0 Å². The Morgan fingerprint density at radius 2 is 2.38 bits per heavy atom. The van der Waals surface area contributed by atoms with Gasteiger partial charge in [-0.2, -0.15) is 4.39 Å². The van der Waals surface area contributed by atoms with Crippen molar-refractivity contribution >= 4 is 5.97 Å². The van der Waals surface area contributed by atoms with Crippen LogP contribution in [-0.2, 0) is 9.53 Å². The Morgan fingerprint density at radius 1 is 1.62 bits per heavy atom. The van der Waals surface area contributed by atoms with Gasteiger partial charge >= 0.3 is 5.97 Å². The van der Waals surface area contributed by atoms with Gasteiger partial charge in [0.15, 0.2) is 6.61 Å². The lowest BCUT2D eigenvalue weighted by Crippen LogP contribution is -2.12. The average molecular weight is 185 g/mol. The van der Waals surface area contributed by atoms with Gasteiger partial charge in [0.1, 0.15) is 5.75 Å². The van der Waals surface area contributed by atoms with E-state index in [2.05, 4.69) is 9.72 Å². The molecule has 0 aliphatic heterocycles.